The maximum absolute atomic E-state index is 12.8. The number of anilines is 1. The lowest BCUT2D eigenvalue weighted by molar-refractivity contribution is 0.0773. The van der Waals surface area contributed by atoms with Gasteiger partial charge in [-0.3, -0.25) is 4.79 Å². The van der Waals surface area contributed by atoms with Gasteiger partial charge in [-0.2, -0.15) is 0 Å². The summed E-state index contributed by atoms with van der Waals surface area (Å²) in [5, 5.41) is 0. The fraction of sp³-hybridized carbons (Fsp3) is 0.350. The summed E-state index contributed by atoms with van der Waals surface area (Å²) in [4.78, 5) is 18.1. The van der Waals surface area contributed by atoms with Crippen molar-refractivity contribution in [1.82, 2.24) is 4.90 Å². The zero-order valence-corrected chi connectivity index (χ0v) is 15.1. The molecular weight excluding hydrogens is 316 g/mol. The van der Waals surface area contributed by atoms with E-state index in [2.05, 4.69) is 29.2 Å². The molecule has 1 fully saturated rings. The molecule has 0 aliphatic carbocycles. The third kappa shape index (κ3) is 3.75. The van der Waals surface area contributed by atoms with Crippen molar-refractivity contribution in [3.05, 3.63) is 60.2 Å². The Balaban J connectivity index is 1.61. The molecular formula is C20H24N2OS. The number of thioether (sulfide) groups is 1. The fourth-order valence-corrected chi connectivity index (χ4v) is 3.94. The van der Waals surface area contributed by atoms with Gasteiger partial charge in [0.2, 0.25) is 0 Å². The van der Waals surface area contributed by atoms with Crippen LogP contribution in [0.3, 0.4) is 0 Å². The van der Waals surface area contributed by atoms with Gasteiger partial charge in [0.1, 0.15) is 0 Å². The minimum atomic E-state index is 0.123. The Morgan fingerprint density at radius 1 is 1.17 bits per heavy atom. The first kappa shape index (κ1) is 16.9. The van der Waals surface area contributed by atoms with E-state index in [0.29, 0.717) is 5.92 Å². The van der Waals surface area contributed by atoms with Gasteiger partial charge in [-0.05, 0) is 42.9 Å². The van der Waals surface area contributed by atoms with Crippen LogP contribution in [-0.2, 0) is 0 Å². The average molecular weight is 340 g/mol. The second-order valence-corrected chi connectivity index (χ2v) is 7.17. The Labute approximate surface area is 148 Å². The lowest BCUT2D eigenvalue weighted by Crippen LogP contribution is -2.33. The van der Waals surface area contributed by atoms with E-state index in [-0.39, 0.29) is 5.91 Å². The molecule has 1 saturated heterocycles. The maximum atomic E-state index is 12.8. The van der Waals surface area contributed by atoms with Crippen molar-refractivity contribution in [3.63, 3.8) is 0 Å². The van der Waals surface area contributed by atoms with Gasteiger partial charge in [-0.25, -0.2) is 0 Å². The summed E-state index contributed by atoms with van der Waals surface area (Å²) in [6.07, 6.45) is 3.15. The zero-order valence-electron chi connectivity index (χ0n) is 14.3. The van der Waals surface area contributed by atoms with Crippen molar-refractivity contribution < 1.29 is 4.79 Å². The molecule has 2 aromatic carbocycles. The van der Waals surface area contributed by atoms with Gasteiger partial charge in [0, 0.05) is 37.3 Å². The number of hydrogen-bond acceptors (Lipinski definition) is 3. The van der Waals surface area contributed by atoms with Gasteiger partial charge in [-0.1, -0.05) is 30.3 Å². The predicted molar refractivity (Wildman–Crippen MR) is 102 cm³/mol. The average Bonchev–Trinajstić information content (AvgIpc) is 3.10. The monoisotopic (exact) mass is 340 g/mol. The van der Waals surface area contributed by atoms with E-state index in [1.807, 2.05) is 48.5 Å². The molecule has 1 atom stereocenters. The highest BCUT2D eigenvalue weighted by Crippen LogP contribution is 2.25. The number of nitrogens with zero attached hydrogens (tertiary/aromatic N) is 2. The Morgan fingerprint density at radius 3 is 2.62 bits per heavy atom. The molecule has 0 radical (unpaired) electrons. The number of para-hydroxylation sites is 1. The van der Waals surface area contributed by atoms with Crippen LogP contribution in [0.4, 0.5) is 5.69 Å². The smallest absolute Gasteiger partial charge is 0.254 e. The highest BCUT2D eigenvalue weighted by Gasteiger charge is 2.26. The van der Waals surface area contributed by atoms with Crippen LogP contribution in [0.5, 0.6) is 0 Å². The molecule has 0 bridgehead atoms. The SMILES string of the molecule is CSc1ccccc1C(=O)N(C)C[C@H]1CCN(c2ccccc2)C1. The summed E-state index contributed by atoms with van der Waals surface area (Å²) in [7, 11) is 1.92. The van der Waals surface area contributed by atoms with Gasteiger partial charge >= 0.3 is 0 Å². The normalized spacial score (nSPS) is 17.1. The van der Waals surface area contributed by atoms with Crippen LogP contribution in [0.2, 0.25) is 0 Å². The molecule has 0 N–H and O–H groups in total. The topological polar surface area (TPSA) is 23.6 Å². The van der Waals surface area contributed by atoms with Crippen molar-refractivity contribution >= 4 is 23.4 Å². The first-order chi connectivity index (χ1) is 11.7. The van der Waals surface area contributed by atoms with E-state index >= 15 is 0 Å². The van der Waals surface area contributed by atoms with Crippen LogP contribution in [0, 0.1) is 5.92 Å². The Kier molecular flexibility index (Phi) is 5.46. The lowest BCUT2D eigenvalue weighted by atomic mass is 10.1. The van der Waals surface area contributed by atoms with Crippen LogP contribution < -0.4 is 4.90 Å². The Bertz CT molecular complexity index is 689. The van der Waals surface area contributed by atoms with Gasteiger partial charge in [0.15, 0.2) is 0 Å². The number of carbonyl (C=O) groups is 1. The highest BCUT2D eigenvalue weighted by molar-refractivity contribution is 7.98. The van der Waals surface area contributed by atoms with Crippen LogP contribution in [0.15, 0.2) is 59.5 Å². The Hall–Kier alpha value is -1.94. The molecule has 3 rings (SSSR count). The molecule has 2 aromatic rings. The molecule has 1 aliphatic rings. The van der Waals surface area contributed by atoms with Gasteiger partial charge in [0.05, 0.1) is 5.56 Å². The standard InChI is InChI=1S/C20H24N2OS/c1-21(20(23)18-10-6-7-11-19(18)24-2)14-16-12-13-22(15-16)17-8-4-3-5-9-17/h3-11,16H,12-15H2,1-2H3/t16-/m1/s1. The minimum Gasteiger partial charge on any atom is -0.371 e. The predicted octanol–water partition coefficient (Wildman–Crippen LogP) is 4.01. The van der Waals surface area contributed by atoms with Crippen molar-refractivity contribution in [3.8, 4) is 0 Å². The number of amides is 1. The molecule has 0 aromatic heterocycles. The first-order valence-electron chi connectivity index (χ1n) is 8.37. The lowest BCUT2D eigenvalue weighted by Gasteiger charge is -2.23. The van der Waals surface area contributed by atoms with Crippen molar-refractivity contribution in [1.29, 1.82) is 0 Å². The van der Waals surface area contributed by atoms with Crippen LogP contribution >= 0.6 is 11.8 Å². The summed E-state index contributed by atoms with van der Waals surface area (Å²) in [6, 6.07) is 18.4. The number of benzene rings is 2. The molecule has 0 saturated carbocycles. The van der Waals surface area contributed by atoms with Crippen molar-refractivity contribution in [2.24, 2.45) is 5.92 Å². The summed E-state index contributed by atoms with van der Waals surface area (Å²) in [5.74, 6) is 0.652. The summed E-state index contributed by atoms with van der Waals surface area (Å²) >= 11 is 1.63. The minimum absolute atomic E-state index is 0.123. The van der Waals surface area contributed by atoms with Crippen molar-refractivity contribution in [2.45, 2.75) is 11.3 Å². The molecule has 1 heterocycles. The molecule has 24 heavy (non-hydrogen) atoms. The second kappa shape index (κ2) is 7.75. The molecule has 4 heteroatoms. The first-order valence-corrected chi connectivity index (χ1v) is 9.60. The molecule has 1 aliphatic heterocycles. The van der Waals surface area contributed by atoms with Crippen LogP contribution in [-0.4, -0.2) is 43.7 Å². The zero-order chi connectivity index (χ0) is 16.9. The van der Waals surface area contributed by atoms with Crippen LogP contribution in [0.25, 0.3) is 0 Å². The van der Waals surface area contributed by atoms with Gasteiger partial charge in [-0.15, -0.1) is 11.8 Å². The molecule has 0 unspecified atom stereocenters. The van der Waals surface area contributed by atoms with E-state index in [4.69, 9.17) is 0 Å². The molecule has 126 valence electrons. The highest BCUT2D eigenvalue weighted by atomic mass is 32.2. The van der Waals surface area contributed by atoms with Crippen molar-refractivity contribution in [2.75, 3.05) is 37.8 Å². The van der Waals surface area contributed by atoms with E-state index in [0.717, 1.165) is 36.5 Å². The quantitative estimate of drug-likeness (QED) is 0.769. The van der Waals surface area contributed by atoms with E-state index in [1.54, 1.807) is 11.8 Å². The molecule has 3 nitrogen and oxygen atoms in total. The van der Waals surface area contributed by atoms with Gasteiger partial charge < -0.3 is 9.80 Å². The second-order valence-electron chi connectivity index (χ2n) is 6.32. The largest absolute Gasteiger partial charge is 0.371 e. The van der Waals surface area contributed by atoms with E-state index < -0.39 is 0 Å². The fourth-order valence-electron chi connectivity index (χ4n) is 3.35. The Morgan fingerprint density at radius 2 is 1.88 bits per heavy atom. The number of rotatable bonds is 5. The number of hydrogen-bond donors (Lipinski definition) is 0. The molecule has 0 spiro atoms. The third-order valence-corrected chi connectivity index (χ3v) is 5.42. The summed E-state index contributed by atoms with van der Waals surface area (Å²) in [6.45, 7) is 2.90. The summed E-state index contributed by atoms with van der Waals surface area (Å²) < 4.78 is 0. The van der Waals surface area contributed by atoms with Gasteiger partial charge in [0.25, 0.3) is 5.91 Å². The molecule has 1 amide bonds. The maximum Gasteiger partial charge on any atom is 0.254 e. The summed E-state index contributed by atoms with van der Waals surface area (Å²) in [5.41, 5.74) is 2.09. The van der Waals surface area contributed by atoms with E-state index in [1.165, 1.54) is 5.69 Å². The van der Waals surface area contributed by atoms with E-state index in [9.17, 15) is 4.79 Å². The number of carbonyl (C=O) groups excluding carboxylic acids is 1. The van der Waals surface area contributed by atoms with Crippen LogP contribution in [0.1, 0.15) is 16.8 Å². The third-order valence-electron chi connectivity index (χ3n) is 4.62.